The van der Waals surface area contributed by atoms with Crippen LogP contribution in [0.4, 0.5) is 5.69 Å². The fourth-order valence-electron chi connectivity index (χ4n) is 1.66. The van der Waals surface area contributed by atoms with Crippen molar-refractivity contribution in [2.75, 3.05) is 5.32 Å². The van der Waals surface area contributed by atoms with E-state index in [2.05, 4.69) is 20.4 Å². The predicted molar refractivity (Wildman–Crippen MR) is 75.2 cm³/mol. The first-order valence-electron chi connectivity index (χ1n) is 6.00. The van der Waals surface area contributed by atoms with Crippen molar-refractivity contribution in [1.82, 2.24) is 9.97 Å². The Morgan fingerprint density at radius 3 is 2.65 bits per heavy atom. The monoisotopic (exact) mass is 270 g/mol. The third-order valence-corrected chi connectivity index (χ3v) is 2.73. The molecule has 0 spiro atoms. The highest BCUT2D eigenvalue weighted by molar-refractivity contribution is 6.09. The van der Waals surface area contributed by atoms with Gasteiger partial charge in [0, 0.05) is 11.8 Å². The van der Waals surface area contributed by atoms with E-state index in [1.807, 2.05) is 0 Å². The normalized spacial score (nSPS) is 11.2. The maximum absolute atomic E-state index is 12.1. The minimum atomic E-state index is -0.365. The van der Waals surface area contributed by atoms with Gasteiger partial charge in [-0.15, -0.1) is 0 Å². The maximum Gasteiger partial charge on any atom is 0.275 e. The van der Waals surface area contributed by atoms with Crippen molar-refractivity contribution in [3.8, 4) is 0 Å². The average Bonchev–Trinajstić information content (AvgIpc) is 2.47. The van der Waals surface area contributed by atoms with E-state index < -0.39 is 0 Å². The van der Waals surface area contributed by atoms with Crippen molar-refractivity contribution < 1.29 is 10.0 Å². The van der Waals surface area contributed by atoms with Crippen LogP contribution in [0.3, 0.4) is 0 Å². The van der Waals surface area contributed by atoms with Crippen molar-refractivity contribution in [1.29, 1.82) is 0 Å². The Kier molecular flexibility index (Phi) is 4.05. The molecule has 2 aromatic rings. The van der Waals surface area contributed by atoms with Crippen LogP contribution in [-0.2, 0) is 0 Å². The van der Waals surface area contributed by atoms with Crippen LogP contribution in [0.1, 0.15) is 28.7 Å². The van der Waals surface area contributed by atoms with E-state index in [0.717, 1.165) is 5.69 Å². The Labute approximate surface area is 116 Å². The molecule has 0 saturated heterocycles. The Morgan fingerprint density at radius 2 is 2.00 bits per heavy atom. The Morgan fingerprint density at radius 1 is 1.25 bits per heavy atom. The third kappa shape index (κ3) is 2.97. The molecule has 1 aromatic carbocycles. The van der Waals surface area contributed by atoms with E-state index in [1.165, 1.54) is 12.4 Å². The van der Waals surface area contributed by atoms with Gasteiger partial charge in [0.25, 0.3) is 5.91 Å². The van der Waals surface area contributed by atoms with E-state index >= 15 is 0 Å². The fourth-order valence-corrected chi connectivity index (χ4v) is 1.66. The van der Waals surface area contributed by atoms with Crippen LogP contribution in [0.15, 0.2) is 41.8 Å². The maximum atomic E-state index is 12.1. The molecule has 0 aliphatic carbocycles. The van der Waals surface area contributed by atoms with Gasteiger partial charge in [0.1, 0.15) is 5.69 Å². The summed E-state index contributed by atoms with van der Waals surface area (Å²) >= 11 is 0. The van der Waals surface area contributed by atoms with Crippen LogP contribution in [0.25, 0.3) is 0 Å². The number of rotatable bonds is 3. The lowest BCUT2D eigenvalue weighted by atomic mass is 10.1. The zero-order valence-corrected chi connectivity index (χ0v) is 11.2. The summed E-state index contributed by atoms with van der Waals surface area (Å²) in [5, 5.41) is 14.7. The van der Waals surface area contributed by atoms with E-state index in [9.17, 15) is 4.79 Å². The van der Waals surface area contributed by atoms with E-state index in [-0.39, 0.29) is 11.6 Å². The standard InChI is InChI=1S/C14H14N4O2/c1-9-7-16-13(8-15-9)14(19)17-12-6-4-3-5-11(12)10(2)18-20/h3-8,20H,1-2H3,(H,17,19)/b18-10-. The van der Waals surface area contributed by atoms with Crippen molar-refractivity contribution in [2.45, 2.75) is 13.8 Å². The Bertz CT molecular complexity index is 650. The molecule has 102 valence electrons. The van der Waals surface area contributed by atoms with Crippen molar-refractivity contribution in [3.63, 3.8) is 0 Å². The van der Waals surface area contributed by atoms with E-state index in [1.54, 1.807) is 38.1 Å². The van der Waals surface area contributed by atoms with Gasteiger partial charge >= 0.3 is 0 Å². The first-order valence-corrected chi connectivity index (χ1v) is 6.00. The summed E-state index contributed by atoms with van der Waals surface area (Å²) in [4.78, 5) is 20.1. The molecule has 1 heterocycles. The number of benzene rings is 1. The second kappa shape index (κ2) is 5.92. The van der Waals surface area contributed by atoms with Gasteiger partial charge in [0.15, 0.2) is 0 Å². The summed E-state index contributed by atoms with van der Waals surface area (Å²) in [6.07, 6.45) is 2.95. The summed E-state index contributed by atoms with van der Waals surface area (Å²) in [5.74, 6) is -0.365. The molecule has 0 unspecified atom stereocenters. The van der Waals surface area contributed by atoms with Gasteiger partial charge in [0.2, 0.25) is 0 Å². The van der Waals surface area contributed by atoms with Gasteiger partial charge < -0.3 is 10.5 Å². The molecule has 0 atom stereocenters. The molecule has 0 radical (unpaired) electrons. The molecule has 6 heteroatoms. The second-order valence-corrected chi connectivity index (χ2v) is 4.23. The van der Waals surface area contributed by atoms with E-state index in [4.69, 9.17) is 5.21 Å². The van der Waals surface area contributed by atoms with Crippen molar-refractivity contribution >= 4 is 17.3 Å². The number of nitrogens with zero attached hydrogens (tertiary/aromatic N) is 3. The van der Waals surface area contributed by atoms with E-state index in [0.29, 0.717) is 17.0 Å². The van der Waals surface area contributed by atoms with Gasteiger partial charge in [-0.3, -0.25) is 9.78 Å². The number of anilines is 1. The van der Waals surface area contributed by atoms with Crippen molar-refractivity contribution in [3.05, 3.63) is 53.6 Å². The van der Waals surface area contributed by atoms with Gasteiger partial charge in [-0.2, -0.15) is 0 Å². The molecular weight excluding hydrogens is 256 g/mol. The summed E-state index contributed by atoms with van der Waals surface area (Å²) in [6.45, 7) is 3.45. The lowest BCUT2D eigenvalue weighted by Crippen LogP contribution is -2.16. The topological polar surface area (TPSA) is 87.5 Å². The summed E-state index contributed by atoms with van der Waals surface area (Å²) in [5.41, 5.74) is 2.57. The van der Waals surface area contributed by atoms with Gasteiger partial charge in [-0.1, -0.05) is 23.4 Å². The fraction of sp³-hybridized carbons (Fsp3) is 0.143. The van der Waals surface area contributed by atoms with Crippen molar-refractivity contribution in [2.24, 2.45) is 5.16 Å². The number of aromatic nitrogens is 2. The number of amides is 1. The molecule has 6 nitrogen and oxygen atoms in total. The molecule has 0 aliphatic heterocycles. The molecule has 1 amide bonds. The average molecular weight is 270 g/mol. The number of carbonyl (C=O) groups is 1. The van der Waals surface area contributed by atoms with Gasteiger partial charge in [0.05, 0.1) is 23.3 Å². The lowest BCUT2D eigenvalue weighted by molar-refractivity contribution is 0.102. The van der Waals surface area contributed by atoms with Crippen LogP contribution < -0.4 is 5.32 Å². The van der Waals surface area contributed by atoms with Crippen LogP contribution in [0.2, 0.25) is 0 Å². The first kappa shape index (κ1) is 13.7. The molecule has 20 heavy (non-hydrogen) atoms. The summed E-state index contributed by atoms with van der Waals surface area (Å²) < 4.78 is 0. The number of nitrogens with one attached hydrogen (secondary N) is 1. The molecule has 0 bridgehead atoms. The zero-order valence-electron chi connectivity index (χ0n) is 11.2. The quantitative estimate of drug-likeness (QED) is 0.508. The Hall–Kier alpha value is -2.76. The summed E-state index contributed by atoms with van der Waals surface area (Å²) in [6, 6.07) is 7.06. The largest absolute Gasteiger partial charge is 0.411 e. The second-order valence-electron chi connectivity index (χ2n) is 4.23. The molecule has 2 N–H and O–H groups in total. The minimum Gasteiger partial charge on any atom is -0.411 e. The number of hydrogen-bond acceptors (Lipinski definition) is 5. The zero-order chi connectivity index (χ0) is 14.5. The minimum absolute atomic E-state index is 0.226. The van der Waals surface area contributed by atoms with Crippen LogP contribution in [0.5, 0.6) is 0 Å². The number of para-hydroxylation sites is 1. The number of carbonyl (C=O) groups excluding carboxylic acids is 1. The summed E-state index contributed by atoms with van der Waals surface area (Å²) in [7, 11) is 0. The molecule has 1 aromatic heterocycles. The number of aryl methyl sites for hydroxylation is 1. The Balaban J connectivity index is 2.26. The van der Waals surface area contributed by atoms with Gasteiger partial charge in [-0.05, 0) is 19.9 Å². The molecule has 2 rings (SSSR count). The van der Waals surface area contributed by atoms with Gasteiger partial charge in [-0.25, -0.2) is 4.98 Å². The van der Waals surface area contributed by atoms with Crippen LogP contribution in [0, 0.1) is 6.92 Å². The first-order chi connectivity index (χ1) is 9.61. The highest BCUT2D eigenvalue weighted by Crippen LogP contribution is 2.16. The molecule has 0 fully saturated rings. The highest BCUT2D eigenvalue weighted by Gasteiger charge is 2.11. The molecule has 0 saturated carbocycles. The smallest absolute Gasteiger partial charge is 0.275 e. The van der Waals surface area contributed by atoms with Crippen LogP contribution >= 0.6 is 0 Å². The number of oxime groups is 1. The number of hydrogen-bond donors (Lipinski definition) is 2. The SMILES string of the molecule is C/C(=N/O)c1ccccc1NC(=O)c1cnc(C)cn1. The predicted octanol–water partition coefficient (Wildman–Crippen LogP) is 2.24. The molecular formula is C14H14N4O2. The highest BCUT2D eigenvalue weighted by atomic mass is 16.4. The van der Waals surface area contributed by atoms with Crippen LogP contribution in [-0.4, -0.2) is 26.8 Å². The lowest BCUT2D eigenvalue weighted by Gasteiger charge is -2.09. The molecule has 0 aliphatic rings. The third-order valence-electron chi connectivity index (χ3n) is 2.73.